The largest absolute Gasteiger partial charge is 0.405 e. The third-order valence-electron chi connectivity index (χ3n) is 3.27. The van der Waals surface area contributed by atoms with Crippen LogP contribution in [0.3, 0.4) is 0 Å². The van der Waals surface area contributed by atoms with E-state index in [0.717, 1.165) is 13.0 Å². The number of aliphatic imine (C=N–C) groups is 1. The van der Waals surface area contributed by atoms with Gasteiger partial charge in [0, 0.05) is 23.9 Å². The molecule has 1 aliphatic heterocycles. The molecule has 0 aliphatic carbocycles. The van der Waals surface area contributed by atoms with Crippen LogP contribution in [-0.4, -0.2) is 23.8 Å². The summed E-state index contributed by atoms with van der Waals surface area (Å²) in [6, 6.07) is 5.31. The first-order valence-electron chi connectivity index (χ1n) is 7.07. The molecule has 0 aromatic heterocycles. The van der Waals surface area contributed by atoms with Gasteiger partial charge in [-0.25, -0.2) is 4.99 Å². The molecule has 0 bridgehead atoms. The monoisotopic (exact) mass is 296 g/mol. The maximum absolute atomic E-state index is 8.30. The van der Waals surface area contributed by atoms with E-state index < -0.39 is 0 Å². The molecular formula is C16H20N6. The molecule has 0 saturated carbocycles. The minimum atomic E-state index is 0.288. The van der Waals surface area contributed by atoms with Crippen molar-refractivity contribution < 1.29 is 0 Å². The number of amidine groups is 1. The Balaban J connectivity index is 2.38. The molecule has 0 radical (unpaired) electrons. The number of benzene rings is 1. The van der Waals surface area contributed by atoms with E-state index in [-0.39, 0.29) is 5.71 Å². The number of hydrogen-bond acceptors (Lipinski definition) is 6. The molecule has 2 rings (SSSR count). The molecule has 0 amide bonds. The Morgan fingerprint density at radius 3 is 2.86 bits per heavy atom. The topological polar surface area (TPSA) is 124 Å². The zero-order valence-corrected chi connectivity index (χ0v) is 12.5. The summed E-state index contributed by atoms with van der Waals surface area (Å²) in [5, 5.41) is 19.3. The highest BCUT2D eigenvalue weighted by atomic mass is 14.9. The average molecular weight is 296 g/mol. The third kappa shape index (κ3) is 3.06. The van der Waals surface area contributed by atoms with Crippen molar-refractivity contribution in [2.75, 3.05) is 6.54 Å². The maximum Gasteiger partial charge on any atom is 0.135 e. The summed E-state index contributed by atoms with van der Waals surface area (Å²) in [6.07, 6.45) is 5.55. The van der Waals surface area contributed by atoms with Gasteiger partial charge in [0.2, 0.25) is 0 Å². The van der Waals surface area contributed by atoms with E-state index in [2.05, 4.69) is 17.2 Å². The summed E-state index contributed by atoms with van der Waals surface area (Å²) >= 11 is 0. The van der Waals surface area contributed by atoms with Crippen LogP contribution in [0.2, 0.25) is 0 Å². The standard InChI is InChI=1S/C16H20N6/c1-2-7-21-9-12-15(19)11-4-3-10(13(18)5-6-17)8-14(11)22-16(12)20/h3-6,8-9,18-19,21H,2,7,17H2,1H3,(H2,20,22)/b6-5-,12-9+,18-13?,19-15?. The molecule has 1 aliphatic rings. The molecule has 0 spiro atoms. The van der Waals surface area contributed by atoms with Gasteiger partial charge in [-0.3, -0.25) is 5.41 Å². The second kappa shape index (κ2) is 6.71. The third-order valence-corrected chi connectivity index (χ3v) is 3.27. The smallest absolute Gasteiger partial charge is 0.135 e. The van der Waals surface area contributed by atoms with Crippen molar-refractivity contribution >= 4 is 22.9 Å². The van der Waals surface area contributed by atoms with Crippen molar-refractivity contribution in [1.82, 2.24) is 5.32 Å². The van der Waals surface area contributed by atoms with E-state index in [1.54, 1.807) is 24.4 Å². The van der Waals surface area contributed by atoms with Crippen molar-refractivity contribution in [3.63, 3.8) is 0 Å². The molecule has 0 saturated heterocycles. The van der Waals surface area contributed by atoms with Gasteiger partial charge >= 0.3 is 0 Å². The second-order valence-corrected chi connectivity index (χ2v) is 4.89. The van der Waals surface area contributed by atoms with E-state index >= 15 is 0 Å². The van der Waals surface area contributed by atoms with Crippen LogP contribution in [0.15, 0.2) is 47.2 Å². The predicted molar refractivity (Wildman–Crippen MR) is 91.1 cm³/mol. The van der Waals surface area contributed by atoms with Crippen LogP contribution in [0.1, 0.15) is 24.5 Å². The number of allylic oxidation sites excluding steroid dienone is 1. The number of fused-ring (bicyclic) bond motifs is 1. The molecule has 22 heavy (non-hydrogen) atoms. The maximum atomic E-state index is 8.30. The van der Waals surface area contributed by atoms with Crippen molar-refractivity contribution in [3.05, 3.63) is 53.4 Å². The predicted octanol–water partition coefficient (Wildman–Crippen LogP) is 1.78. The summed E-state index contributed by atoms with van der Waals surface area (Å²) in [4.78, 5) is 4.35. The number of nitrogens with two attached hydrogens (primary N) is 2. The fraction of sp³-hybridized carbons (Fsp3) is 0.188. The van der Waals surface area contributed by atoms with Crippen molar-refractivity contribution in [2.24, 2.45) is 16.5 Å². The minimum Gasteiger partial charge on any atom is -0.405 e. The number of rotatable bonds is 5. The average Bonchev–Trinajstić information content (AvgIpc) is 2.50. The van der Waals surface area contributed by atoms with E-state index in [1.165, 1.54) is 12.3 Å². The van der Waals surface area contributed by atoms with Crippen LogP contribution < -0.4 is 16.8 Å². The van der Waals surface area contributed by atoms with Gasteiger partial charge in [0.15, 0.2) is 0 Å². The fourth-order valence-electron chi connectivity index (χ4n) is 2.12. The molecule has 1 heterocycles. The molecular weight excluding hydrogens is 276 g/mol. The lowest BCUT2D eigenvalue weighted by molar-refractivity contribution is 0.808. The van der Waals surface area contributed by atoms with Crippen LogP contribution in [0.25, 0.3) is 0 Å². The number of nitrogens with zero attached hydrogens (tertiary/aromatic N) is 1. The molecule has 0 fully saturated rings. The number of nitrogens with one attached hydrogen (secondary N) is 3. The van der Waals surface area contributed by atoms with Crippen LogP contribution in [0.5, 0.6) is 0 Å². The lowest BCUT2D eigenvalue weighted by Crippen LogP contribution is -2.27. The van der Waals surface area contributed by atoms with Crippen molar-refractivity contribution in [3.8, 4) is 0 Å². The summed E-state index contributed by atoms with van der Waals surface area (Å²) in [6.45, 7) is 2.88. The van der Waals surface area contributed by atoms with Gasteiger partial charge in [-0.2, -0.15) is 0 Å². The molecule has 1 aromatic rings. The Morgan fingerprint density at radius 1 is 1.41 bits per heavy atom. The highest BCUT2D eigenvalue weighted by molar-refractivity contribution is 6.32. The molecule has 1 aromatic carbocycles. The van der Waals surface area contributed by atoms with Crippen LogP contribution >= 0.6 is 0 Å². The van der Waals surface area contributed by atoms with Gasteiger partial charge in [-0.1, -0.05) is 13.0 Å². The van der Waals surface area contributed by atoms with Gasteiger partial charge in [-0.15, -0.1) is 0 Å². The van der Waals surface area contributed by atoms with E-state index in [1.807, 2.05) is 0 Å². The lowest BCUT2D eigenvalue weighted by atomic mass is 9.95. The second-order valence-electron chi connectivity index (χ2n) is 4.89. The summed E-state index contributed by atoms with van der Waals surface area (Å²) in [5.41, 5.74) is 14.5. The minimum absolute atomic E-state index is 0.288. The van der Waals surface area contributed by atoms with Gasteiger partial charge in [0.25, 0.3) is 0 Å². The van der Waals surface area contributed by atoms with Crippen molar-refractivity contribution in [2.45, 2.75) is 13.3 Å². The van der Waals surface area contributed by atoms with Crippen LogP contribution in [0.4, 0.5) is 5.69 Å². The highest BCUT2D eigenvalue weighted by Gasteiger charge is 2.21. The molecule has 6 heteroatoms. The zero-order chi connectivity index (χ0) is 16.1. The Kier molecular flexibility index (Phi) is 4.73. The van der Waals surface area contributed by atoms with Crippen LogP contribution in [0, 0.1) is 10.8 Å². The first-order valence-corrected chi connectivity index (χ1v) is 7.07. The van der Waals surface area contributed by atoms with Crippen molar-refractivity contribution in [1.29, 1.82) is 10.8 Å². The molecule has 6 nitrogen and oxygen atoms in total. The van der Waals surface area contributed by atoms with Gasteiger partial charge in [0.05, 0.1) is 22.7 Å². The number of hydrogen-bond donors (Lipinski definition) is 5. The zero-order valence-electron chi connectivity index (χ0n) is 12.5. The lowest BCUT2D eigenvalue weighted by Gasteiger charge is -2.18. The molecule has 0 atom stereocenters. The van der Waals surface area contributed by atoms with E-state index in [4.69, 9.17) is 22.3 Å². The first-order chi connectivity index (χ1) is 10.6. The summed E-state index contributed by atoms with van der Waals surface area (Å²) < 4.78 is 0. The van der Waals surface area contributed by atoms with E-state index in [0.29, 0.717) is 33.9 Å². The Bertz CT molecular complexity index is 697. The molecule has 114 valence electrons. The van der Waals surface area contributed by atoms with Gasteiger partial charge in [0.1, 0.15) is 5.84 Å². The fourth-order valence-corrected chi connectivity index (χ4v) is 2.12. The Morgan fingerprint density at radius 2 is 2.18 bits per heavy atom. The highest BCUT2D eigenvalue weighted by Crippen LogP contribution is 2.28. The van der Waals surface area contributed by atoms with Gasteiger partial charge in [-0.05, 0) is 30.8 Å². The van der Waals surface area contributed by atoms with Crippen LogP contribution in [-0.2, 0) is 0 Å². The summed E-state index contributed by atoms with van der Waals surface area (Å²) in [5.74, 6) is 0.305. The molecule has 7 N–H and O–H groups in total. The Hall–Kier alpha value is -2.89. The summed E-state index contributed by atoms with van der Waals surface area (Å²) in [7, 11) is 0. The van der Waals surface area contributed by atoms with E-state index in [9.17, 15) is 0 Å². The normalized spacial score (nSPS) is 15.8. The quantitative estimate of drug-likeness (QED) is 0.420. The molecule has 0 unspecified atom stereocenters. The Labute approximate surface area is 129 Å². The SMILES string of the molecule is CCCN/C=C1\C(=N)c2ccc(C(=N)/C=C\N)cc2N=C1N. The van der Waals surface area contributed by atoms with Gasteiger partial charge < -0.3 is 22.2 Å². The first kappa shape index (κ1) is 15.5.